The minimum absolute atomic E-state index is 0.173. The first-order valence-electron chi connectivity index (χ1n) is 6.93. The van der Waals surface area contributed by atoms with Gasteiger partial charge in [-0.1, -0.05) is 30.4 Å². The number of thioether (sulfide) groups is 1. The molecule has 1 aliphatic heterocycles. The molecular formula is C15H19NO3S2. The Morgan fingerprint density at radius 2 is 2.14 bits per heavy atom. The fraction of sp³-hybridized carbons (Fsp3) is 0.467. The van der Waals surface area contributed by atoms with Gasteiger partial charge in [-0.3, -0.25) is 0 Å². The molecule has 1 aliphatic rings. The molecule has 2 N–H and O–H groups in total. The number of hydrogen-bond acceptors (Lipinski definition) is 4. The van der Waals surface area contributed by atoms with Crippen LogP contribution in [0.4, 0.5) is 0 Å². The third-order valence-corrected chi connectivity index (χ3v) is 6.13. The summed E-state index contributed by atoms with van der Waals surface area (Å²) in [5, 5.41) is 9.10. The van der Waals surface area contributed by atoms with Gasteiger partial charge in [-0.25, -0.2) is 13.1 Å². The Balaban J connectivity index is 2.11. The quantitative estimate of drug-likeness (QED) is 0.825. The lowest BCUT2D eigenvalue weighted by atomic mass is 10.2. The molecule has 1 heterocycles. The van der Waals surface area contributed by atoms with Crippen molar-refractivity contribution in [2.45, 2.75) is 29.4 Å². The van der Waals surface area contributed by atoms with E-state index < -0.39 is 10.0 Å². The second-order valence-electron chi connectivity index (χ2n) is 4.80. The van der Waals surface area contributed by atoms with E-state index in [1.807, 2.05) is 11.8 Å². The SMILES string of the molecule is O=S(=O)(NCC1CCCCS1)c1ccccc1C#CCO. The maximum atomic E-state index is 12.4. The minimum atomic E-state index is -3.57. The number of aliphatic hydroxyl groups excluding tert-OH is 1. The zero-order valence-corrected chi connectivity index (χ0v) is 13.3. The highest BCUT2D eigenvalue weighted by Crippen LogP contribution is 2.25. The summed E-state index contributed by atoms with van der Waals surface area (Å²) >= 11 is 1.83. The largest absolute Gasteiger partial charge is 0.384 e. The Morgan fingerprint density at radius 3 is 2.86 bits per heavy atom. The molecule has 2 rings (SSSR count). The van der Waals surface area contributed by atoms with E-state index >= 15 is 0 Å². The first kappa shape index (κ1) is 16.4. The maximum absolute atomic E-state index is 12.4. The zero-order valence-electron chi connectivity index (χ0n) is 11.7. The molecule has 0 aliphatic carbocycles. The summed E-state index contributed by atoms with van der Waals surface area (Å²) in [6.07, 6.45) is 3.44. The average Bonchev–Trinajstić information content (AvgIpc) is 2.52. The molecule has 21 heavy (non-hydrogen) atoms. The van der Waals surface area contributed by atoms with Gasteiger partial charge in [0, 0.05) is 17.4 Å². The van der Waals surface area contributed by atoms with Gasteiger partial charge in [-0.2, -0.15) is 11.8 Å². The maximum Gasteiger partial charge on any atom is 0.241 e. The third kappa shape index (κ3) is 4.75. The molecule has 0 amide bonds. The molecule has 4 nitrogen and oxygen atoms in total. The number of benzene rings is 1. The van der Waals surface area contributed by atoms with Crippen molar-refractivity contribution in [3.8, 4) is 11.8 Å². The van der Waals surface area contributed by atoms with E-state index in [2.05, 4.69) is 16.6 Å². The van der Waals surface area contributed by atoms with E-state index in [-0.39, 0.29) is 11.5 Å². The van der Waals surface area contributed by atoms with E-state index in [4.69, 9.17) is 5.11 Å². The molecular weight excluding hydrogens is 306 g/mol. The van der Waals surface area contributed by atoms with Crippen LogP contribution in [0, 0.1) is 11.8 Å². The molecule has 0 radical (unpaired) electrons. The Kier molecular flexibility index (Phi) is 6.12. The lowest BCUT2D eigenvalue weighted by Crippen LogP contribution is -2.32. The molecule has 1 fully saturated rings. The lowest BCUT2D eigenvalue weighted by Gasteiger charge is -2.21. The van der Waals surface area contributed by atoms with Gasteiger partial charge in [0.2, 0.25) is 10.0 Å². The summed E-state index contributed by atoms with van der Waals surface area (Å²) in [7, 11) is -3.57. The highest BCUT2D eigenvalue weighted by Gasteiger charge is 2.20. The molecule has 1 atom stereocenters. The van der Waals surface area contributed by atoms with Crippen molar-refractivity contribution in [2.75, 3.05) is 18.9 Å². The van der Waals surface area contributed by atoms with Crippen LogP contribution in [0.3, 0.4) is 0 Å². The van der Waals surface area contributed by atoms with Crippen LogP contribution < -0.4 is 4.72 Å². The van der Waals surface area contributed by atoms with Crippen LogP contribution in [-0.4, -0.2) is 37.7 Å². The van der Waals surface area contributed by atoms with Crippen LogP contribution in [0.2, 0.25) is 0 Å². The first-order chi connectivity index (χ1) is 10.1. The summed E-state index contributed by atoms with van der Waals surface area (Å²) in [5.41, 5.74) is 0.412. The van der Waals surface area contributed by atoms with Crippen LogP contribution in [0.5, 0.6) is 0 Å². The number of hydrogen-bond donors (Lipinski definition) is 2. The highest BCUT2D eigenvalue weighted by atomic mass is 32.2. The van der Waals surface area contributed by atoms with Crippen molar-refractivity contribution >= 4 is 21.8 Å². The van der Waals surface area contributed by atoms with Crippen LogP contribution in [0.15, 0.2) is 29.2 Å². The van der Waals surface area contributed by atoms with Gasteiger partial charge in [0.1, 0.15) is 6.61 Å². The first-order valence-corrected chi connectivity index (χ1v) is 9.47. The molecule has 1 aromatic carbocycles. The number of aliphatic hydroxyl groups is 1. The van der Waals surface area contributed by atoms with Gasteiger partial charge < -0.3 is 5.11 Å². The molecule has 1 aromatic rings. The average molecular weight is 325 g/mol. The molecule has 0 aromatic heterocycles. The van der Waals surface area contributed by atoms with E-state index in [9.17, 15) is 8.42 Å². The van der Waals surface area contributed by atoms with Crippen LogP contribution >= 0.6 is 11.8 Å². The number of sulfonamides is 1. The molecule has 114 valence electrons. The fourth-order valence-electron chi connectivity index (χ4n) is 2.19. The summed E-state index contributed by atoms with van der Waals surface area (Å²) in [4.78, 5) is 0.173. The van der Waals surface area contributed by atoms with Crippen LogP contribution in [-0.2, 0) is 10.0 Å². The topological polar surface area (TPSA) is 66.4 Å². The number of nitrogens with one attached hydrogen (secondary N) is 1. The second-order valence-corrected chi connectivity index (χ2v) is 7.94. The smallest absolute Gasteiger partial charge is 0.241 e. The monoisotopic (exact) mass is 325 g/mol. The standard InChI is InChI=1S/C15H19NO3S2/c17-10-5-7-13-6-1-2-9-15(13)21(18,19)16-12-14-8-3-4-11-20-14/h1-2,6,9,14,16-17H,3-4,8,10-12H2. The van der Waals surface area contributed by atoms with Crippen molar-refractivity contribution in [3.63, 3.8) is 0 Å². The molecule has 1 saturated heterocycles. The van der Waals surface area contributed by atoms with Crippen molar-refractivity contribution in [1.82, 2.24) is 4.72 Å². The Hall–Kier alpha value is -1.00. The molecule has 1 unspecified atom stereocenters. The summed E-state index contributed by atoms with van der Waals surface area (Å²) < 4.78 is 27.5. The highest BCUT2D eigenvalue weighted by molar-refractivity contribution is 8.00. The lowest BCUT2D eigenvalue weighted by molar-refractivity contribution is 0.350. The van der Waals surface area contributed by atoms with Crippen LogP contribution in [0.25, 0.3) is 0 Å². The van der Waals surface area contributed by atoms with Gasteiger partial charge >= 0.3 is 0 Å². The van der Waals surface area contributed by atoms with E-state index in [0.29, 0.717) is 17.4 Å². The summed E-state index contributed by atoms with van der Waals surface area (Å²) in [6.45, 7) is 0.162. The van der Waals surface area contributed by atoms with Crippen molar-refractivity contribution in [2.24, 2.45) is 0 Å². The molecule has 0 spiro atoms. The Bertz CT molecular complexity index is 626. The van der Waals surface area contributed by atoms with Gasteiger partial charge in [0.15, 0.2) is 0 Å². The molecule has 0 bridgehead atoms. The predicted octanol–water partition coefficient (Wildman–Crippen LogP) is 1.59. The fourth-order valence-corrected chi connectivity index (χ4v) is 4.77. The van der Waals surface area contributed by atoms with Crippen molar-refractivity contribution < 1.29 is 13.5 Å². The minimum Gasteiger partial charge on any atom is -0.384 e. The van der Waals surface area contributed by atoms with Crippen molar-refractivity contribution in [1.29, 1.82) is 0 Å². The number of rotatable bonds is 4. The van der Waals surface area contributed by atoms with E-state index in [1.54, 1.807) is 18.2 Å². The van der Waals surface area contributed by atoms with Gasteiger partial charge in [0.25, 0.3) is 0 Å². The normalized spacial score (nSPS) is 18.8. The summed E-state index contributed by atoms with van der Waals surface area (Å²) in [5.74, 6) is 6.28. The van der Waals surface area contributed by atoms with Crippen molar-refractivity contribution in [3.05, 3.63) is 29.8 Å². The van der Waals surface area contributed by atoms with Gasteiger partial charge in [-0.15, -0.1) is 0 Å². The van der Waals surface area contributed by atoms with Gasteiger partial charge in [-0.05, 0) is 30.7 Å². The Labute approximate surface area is 130 Å². The van der Waals surface area contributed by atoms with E-state index in [0.717, 1.165) is 18.6 Å². The second kappa shape index (κ2) is 7.85. The zero-order chi connectivity index (χ0) is 15.1. The Morgan fingerprint density at radius 1 is 1.33 bits per heavy atom. The predicted molar refractivity (Wildman–Crippen MR) is 85.7 cm³/mol. The van der Waals surface area contributed by atoms with Crippen LogP contribution in [0.1, 0.15) is 24.8 Å². The summed E-state index contributed by atoms with van der Waals surface area (Å²) in [6, 6.07) is 6.59. The van der Waals surface area contributed by atoms with Gasteiger partial charge in [0.05, 0.1) is 4.90 Å². The van der Waals surface area contributed by atoms with E-state index in [1.165, 1.54) is 12.5 Å². The molecule has 6 heteroatoms. The third-order valence-electron chi connectivity index (χ3n) is 3.25. The molecule has 0 saturated carbocycles.